The van der Waals surface area contributed by atoms with Gasteiger partial charge in [-0.2, -0.15) is 5.10 Å². The summed E-state index contributed by atoms with van der Waals surface area (Å²) < 4.78 is 6.71. The number of furan rings is 1. The first-order valence-electron chi connectivity index (χ1n) is 8.50. The number of aryl methyl sites for hydroxylation is 1. The van der Waals surface area contributed by atoms with Gasteiger partial charge in [-0.15, -0.1) is 0 Å². The van der Waals surface area contributed by atoms with Crippen LogP contribution < -0.4 is 10.7 Å². The Bertz CT molecular complexity index is 1060. The summed E-state index contributed by atoms with van der Waals surface area (Å²) in [6.07, 6.45) is 1.43. The number of carbonyl (C=O) groups is 2. The van der Waals surface area contributed by atoms with Crippen molar-refractivity contribution in [3.05, 3.63) is 76.0 Å². The van der Waals surface area contributed by atoms with Crippen molar-refractivity contribution in [2.45, 2.75) is 13.8 Å². The van der Waals surface area contributed by atoms with E-state index in [2.05, 4.69) is 31.8 Å². The second kappa shape index (κ2) is 8.67. The number of hydrogen-bond acceptors (Lipinski definition) is 4. The van der Waals surface area contributed by atoms with Gasteiger partial charge in [-0.3, -0.25) is 9.59 Å². The number of amides is 2. The number of nitrogens with one attached hydrogen (secondary N) is 2. The van der Waals surface area contributed by atoms with Crippen molar-refractivity contribution in [3.63, 3.8) is 0 Å². The zero-order chi connectivity index (χ0) is 20.1. The molecule has 1 heterocycles. The van der Waals surface area contributed by atoms with Gasteiger partial charge in [0.05, 0.1) is 6.21 Å². The molecule has 0 radical (unpaired) electrons. The van der Waals surface area contributed by atoms with E-state index in [9.17, 15) is 9.59 Å². The Kier molecular flexibility index (Phi) is 6.06. The van der Waals surface area contributed by atoms with Crippen LogP contribution in [0.4, 0.5) is 5.69 Å². The Hall–Kier alpha value is -3.19. The Morgan fingerprint density at radius 2 is 1.93 bits per heavy atom. The van der Waals surface area contributed by atoms with Gasteiger partial charge < -0.3 is 9.73 Å². The molecule has 2 amide bonds. The molecule has 3 aromatic rings. The summed E-state index contributed by atoms with van der Waals surface area (Å²) in [7, 11) is 0. The molecule has 28 heavy (non-hydrogen) atoms. The minimum absolute atomic E-state index is 0.204. The van der Waals surface area contributed by atoms with Crippen molar-refractivity contribution in [2.24, 2.45) is 5.10 Å². The molecule has 3 rings (SSSR count). The highest BCUT2D eigenvalue weighted by molar-refractivity contribution is 9.10. The molecule has 1 aromatic heterocycles. The van der Waals surface area contributed by atoms with Crippen molar-refractivity contribution in [1.29, 1.82) is 0 Å². The van der Waals surface area contributed by atoms with Gasteiger partial charge in [-0.05, 0) is 55.0 Å². The fraction of sp³-hybridized carbons (Fsp3) is 0.0952. The van der Waals surface area contributed by atoms with E-state index in [1.165, 1.54) is 13.1 Å². The maximum Gasteiger partial charge on any atom is 0.271 e. The molecular weight excluding hydrogens is 422 g/mol. The lowest BCUT2D eigenvalue weighted by atomic mass is 10.1. The Morgan fingerprint density at radius 1 is 1.11 bits per heavy atom. The molecule has 0 aliphatic rings. The molecular formula is C21H18BrN3O3. The third-order valence-corrected chi connectivity index (χ3v) is 4.48. The first kappa shape index (κ1) is 19.6. The summed E-state index contributed by atoms with van der Waals surface area (Å²) in [5.74, 6) is 0.610. The first-order valence-corrected chi connectivity index (χ1v) is 9.29. The number of carbonyl (C=O) groups excluding carboxylic acids is 2. The van der Waals surface area contributed by atoms with E-state index >= 15 is 0 Å². The van der Waals surface area contributed by atoms with Crippen molar-refractivity contribution in [2.75, 3.05) is 5.32 Å². The molecule has 0 unspecified atom stereocenters. The average molecular weight is 440 g/mol. The minimum atomic E-state index is -0.392. The van der Waals surface area contributed by atoms with E-state index in [1.54, 1.807) is 30.3 Å². The number of halogens is 1. The summed E-state index contributed by atoms with van der Waals surface area (Å²) in [4.78, 5) is 23.3. The monoisotopic (exact) mass is 439 g/mol. The zero-order valence-electron chi connectivity index (χ0n) is 15.3. The van der Waals surface area contributed by atoms with Crippen molar-refractivity contribution in [1.82, 2.24) is 5.43 Å². The van der Waals surface area contributed by atoms with Gasteiger partial charge in [0, 0.05) is 28.2 Å². The molecule has 2 aromatic carbocycles. The van der Waals surface area contributed by atoms with Gasteiger partial charge in [0.15, 0.2) is 0 Å². The van der Waals surface area contributed by atoms with Crippen LogP contribution in [0.1, 0.15) is 28.6 Å². The van der Waals surface area contributed by atoms with Gasteiger partial charge in [0.25, 0.3) is 5.91 Å². The van der Waals surface area contributed by atoms with Crippen LogP contribution >= 0.6 is 15.9 Å². The second-order valence-corrected chi connectivity index (χ2v) is 7.00. The topological polar surface area (TPSA) is 83.7 Å². The van der Waals surface area contributed by atoms with E-state index in [4.69, 9.17) is 4.42 Å². The lowest BCUT2D eigenvalue weighted by Gasteiger charge is -2.04. The van der Waals surface area contributed by atoms with Crippen LogP contribution in [-0.2, 0) is 4.79 Å². The van der Waals surface area contributed by atoms with Crippen LogP contribution in [0, 0.1) is 6.92 Å². The smallest absolute Gasteiger partial charge is 0.271 e. The van der Waals surface area contributed by atoms with Crippen LogP contribution in [0.3, 0.4) is 0 Å². The number of benzene rings is 2. The molecule has 0 bridgehead atoms. The van der Waals surface area contributed by atoms with E-state index in [0.717, 1.165) is 15.6 Å². The summed E-state index contributed by atoms with van der Waals surface area (Å²) in [6, 6.07) is 16.2. The van der Waals surface area contributed by atoms with Gasteiger partial charge in [-0.1, -0.05) is 28.1 Å². The average Bonchev–Trinajstić information content (AvgIpc) is 3.10. The molecule has 0 fully saturated rings. The molecule has 7 heteroatoms. The SMILES string of the molecule is CC(=O)Nc1cccc(C(=O)N/N=C\c2ccc(-c3ccc(C)cc3Br)o2)c1. The summed E-state index contributed by atoms with van der Waals surface area (Å²) in [5, 5.41) is 6.57. The Balaban J connectivity index is 1.66. The van der Waals surface area contributed by atoms with Gasteiger partial charge in [0.2, 0.25) is 5.91 Å². The van der Waals surface area contributed by atoms with Crippen molar-refractivity contribution < 1.29 is 14.0 Å². The van der Waals surface area contributed by atoms with Crippen molar-refractivity contribution >= 4 is 39.6 Å². The third-order valence-electron chi connectivity index (χ3n) is 3.82. The normalized spacial score (nSPS) is 10.8. The van der Waals surface area contributed by atoms with Crippen molar-refractivity contribution in [3.8, 4) is 11.3 Å². The lowest BCUT2D eigenvalue weighted by Crippen LogP contribution is -2.18. The van der Waals surface area contributed by atoms with E-state index < -0.39 is 5.91 Å². The fourth-order valence-corrected chi connectivity index (χ4v) is 3.24. The highest BCUT2D eigenvalue weighted by Gasteiger charge is 2.09. The van der Waals surface area contributed by atoms with Crippen LogP contribution in [0.5, 0.6) is 0 Å². The van der Waals surface area contributed by atoms with Crippen LogP contribution in [-0.4, -0.2) is 18.0 Å². The van der Waals surface area contributed by atoms with Crippen LogP contribution in [0.15, 0.2) is 68.6 Å². The summed E-state index contributed by atoms with van der Waals surface area (Å²) in [6.45, 7) is 3.42. The molecule has 0 spiro atoms. The van der Waals surface area contributed by atoms with Gasteiger partial charge in [0.1, 0.15) is 11.5 Å². The number of hydrazone groups is 1. The summed E-state index contributed by atoms with van der Waals surface area (Å²) in [5.41, 5.74) is 5.45. The lowest BCUT2D eigenvalue weighted by molar-refractivity contribution is -0.114. The molecule has 6 nitrogen and oxygen atoms in total. The third kappa shape index (κ3) is 4.95. The fourth-order valence-electron chi connectivity index (χ4n) is 2.55. The molecule has 2 N–H and O–H groups in total. The number of anilines is 1. The molecule has 0 saturated carbocycles. The molecule has 0 saturated heterocycles. The Morgan fingerprint density at radius 3 is 2.68 bits per heavy atom. The maximum absolute atomic E-state index is 12.2. The van der Waals surface area contributed by atoms with E-state index in [-0.39, 0.29) is 5.91 Å². The molecule has 0 atom stereocenters. The predicted molar refractivity (Wildman–Crippen MR) is 112 cm³/mol. The maximum atomic E-state index is 12.2. The van der Waals surface area contributed by atoms with Gasteiger partial charge in [-0.25, -0.2) is 5.43 Å². The van der Waals surface area contributed by atoms with Crippen LogP contribution in [0.25, 0.3) is 11.3 Å². The first-order chi connectivity index (χ1) is 13.4. The Labute approximate surface area is 170 Å². The van der Waals surface area contributed by atoms with E-state index in [1.807, 2.05) is 31.2 Å². The molecule has 0 aliphatic carbocycles. The van der Waals surface area contributed by atoms with E-state index in [0.29, 0.717) is 22.8 Å². The highest BCUT2D eigenvalue weighted by Crippen LogP contribution is 2.30. The number of rotatable bonds is 5. The zero-order valence-corrected chi connectivity index (χ0v) is 16.9. The minimum Gasteiger partial charge on any atom is -0.455 e. The van der Waals surface area contributed by atoms with Gasteiger partial charge >= 0.3 is 0 Å². The molecule has 0 aliphatic heterocycles. The quantitative estimate of drug-likeness (QED) is 0.444. The summed E-state index contributed by atoms with van der Waals surface area (Å²) >= 11 is 3.53. The predicted octanol–water partition coefficient (Wildman–Crippen LogP) is 4.74. The number of hydrogen-bond donors (Lipinski definition) is 2. The largest absolute Gasteiger partial charge is 0.455 e. The molecule has 142 valence electrons. The standard InChI is InChI=1S/C21H18BrN3O3/c1-13-6-8-18(19(22)10-13)20-9-7-17(28-20)12-23-25-21(27)15-4-3-5-16(11-15)24-14(2)26/h3-12H,1-2H3,(H,24,26)(H,25,27)/b23-12-. The van der Waals surface area contributed by atoms with Crippen LogP contribution in [0.2, 0.25) is 0 Å². The highest BCUT2D eigenvalue weighted by atomic mass is 79.9. The number of nitrogens with zero attached hydrogens (tertiary/aromatic N) is 1. The second-order valence-electron chi connectivity index (χ2n) is 6.15.